The van der Waals surface area contributed by atoms with Gasteiger partial charge in [0.1, 0.15) is 6.04 Å². The maximum Gasteiger partial charge on any atom is 0.490 e. The van der Waals surface area contributed by atoms with Crippen LogP contribution in [0.15, 0.2) is 0 Å². The highest BCUT2D eigenvalue weighted by Crippen LogP contribution is 2.31. The van der Waals surface area contributed by atoms with Gasteiger partial charge in [-0.25, -0.2) is 4.79 Å². The number of nitrogens with two attached hydrogens (primary N) is 1. The number of hydrogen-bond acceptors (Lipinski definition) is 4. The Morgan fingerprint density at radius 3 is 2.19 bits per heavy atom. The molecule has 1 aliphatic carbocycles. The molecule has 0 aromatic rings. The zero-order valence-corrected chi connectivity index (χ0v) is 14.8. The van der Waals surface area contributed by atoms with Crippen LogP contribution in [-0.2, 0) is 9.59 Å². The summed E-state index contributed by atoms with van der Waals surface area (Å²) in [5, 5.41) is 16.3. The number of carboxylic acids is 1. The lowest BCUT2D eigenvalue weighted by Gasteiger charge is -2.33. The third-order valence-corrected chi connectivity index (χ3v) is 5.06. The number of carbonyl (C=O) groups is 2. The van der Waals surface area contributed by atoms with E-state index in [2.05, 4.69) is 13.0 Å². The van der Waals surface area contributed by atoms with Crippen LogP contribution in [0.25, 0.3) is 0 Å². The molecular formula is C17H26F3N3O3. The van der Waals surface area contributed by atoms with Crippen LogP contribution < -0.4 is 5.73 Å². The van der Waals surface area contributed by atoms with Gasteiger partial charge >= 0.3 is 12.1 Å². The van der Waals surface area contributed by atoms with Gasteiger partial charge in [-0.05, 0) is 38.0 Å². The second-order valence-electron chi connectivity index (χ2n) is 6.76. The molecule has 0 bridgehead atoms. The summed E-state index contributed by atoms with van der Waals surface area (Å²) in [6.07, 6.45) is 3.34. The van der Waals surface area contributed by atoms with Crippen LogP contribution >= 0.6 is 0 Å². The number of carboxylic acid groups (broad SMARTS) is 1. The van der Waals surface area contributed by atoms with E-state index in [1.54, 1.807) is 4.90 Å². The predicted octanol–water partition coefficient (Wildman–Crippen LogP) is 2.82. The van der Waals surface area contributed by atoms with Crippen LogP contribution in [0.4, 0.5) is 13.2 Å². The lowest BCUT2D eigenvalue weighted by molar-refractivity contribution is -0.192. The fourth-order valence-corrected chi connectivity index (χ4v) is 3.61. The van der Waals surface area contributed by atoms with E-state index in [4.69, 9.17) is 15.6 Å². The molecule has 0 spiro atoms. The average molecular weight is 377 g/mol. The predicted molar refractivity (Wildman–Crippen MR) is 87.8 cm³/mol. The topological polar surface area (TPSA) is 107 Å². The Kier molecular flexibility index (Phi) is 8.34. The van der Waals surface area contributed by atoms with Gasteiger partial charge in [-0.1, -0.05) is 26.2 Å². The van der Waals surface area contributed by atoms with E-state index in [-0.39, 0.29) is 18.0 Å². The first-order chi connectivity index (χ1) is 12.1. The van der Waals surface area contributed by atoms with E-state index in [0.717, 1.165) is 32.1 Å². The Bertz CT molecular complexity index is 528. The maximum absolute atomic E-state index is 12.6. The smallest absolute Gasteiger partial charge is 0.475 e. The van der Waals surface area contributed by atoms with Crippen molar-refractivity contribution in [2.45, 2.75) is 82.6 Å². The van der Waals surface area contributed by atoms with Crippen molar-refractivity contribution in [3.63, 3.8) is 0 Å². The maximum atomic E-state index is 12.6. The normalized spacial score (nSPS) is 25.0. The standard InChI is InChI=1S/C15H25N3O.C2HF3O2/c1-2-12-8-9-13(10-16)18(12)15(19)14(17)11-6-4-3-5-7-11;3-2(4,5)1(6)7/h11-14H,2-9,17H2,1H3;(H,6,7)/t12-,13-,14-;/m0./s1. The third-order valence-electron chi connectivity index (χ3n) is 5.06. The van der Waals surface area contributed by atoms with Crippen LogP contribution in [0.5, 0.6) is 0 Å². The van der Waals surface area contributed by atoms with Crippen molar-refractivity contribution in [1.29, 1.82) is 5.26 Å². The van der Waals surface area contributed by atoms with Gasteiger partial charge in [0.25, 0.3) is 0 Å². The number of hydrogen-bond donors (Lipinski definition) is 2. The first kappa shape index (κ1) is 22.2. The monoisotopic (exact) mass is 377 g/mol. The van der Waals surface area contributed by atoms with Gasteiger partial charge in [-0.3, -0.25) is 4.79 Å². The third kappa shape index (κ3) is 5.87. The molecule has 1 amide bonds. The van der Waals surface area contributed by atoms with Gasteiger partial charge in [0.05, 0.1) is 12.1 Å². The van der Waals surface area contributed by atoms with Crippen molar-refractivity contribution in [2.75, 3.05) is 0 Å². The molecule has 0 aromatic carbocycles. The minimum atomic E-state index is -5.08. The Morgan fingerprint density at radius 1 is 1.23 bits per heavy atom. The van der Waals surface area contributed by atoms with E-state index in [0.29, 0.717) is 5.92 Å². The zero-order chi connectivity index (χ0) is 19.9. The quantitative estimate of drug-likeness (QED) is 0.786. The first-order valence-corrected chi connectivity index (χ1v) is 8.90. The number of nitriles is 1. The average Bonchev–Trinajstić information content (AvgIpc) is 3.04. The largest absolute Gasteiger partial charge is 0.490 e. The Morgan fingerprint density at radius 2 is 1.77 bits per heavy atom. The summed E-state index contributed by atoms with van der Waals surface area (Å²) in [6, 6.07) is 1.82. The molecule has 1 heterocycles. The molecule has 1 aliphatic heterocycles. The van der Waals surface area contributed by atoms with Crippen molar-refractivity contribution in [3.8, 4) is 6.07 Å². The summed E-state index contributed by atoms with van der Waals surface area (Å²) in [4.78, 5) is 23.3. The lowest BCUT2D eigenvalue weighted by atomic mass is 9.83. The van der Waals surface area contributed by atoms with E-state index in [9.17, 15) is 23.2 Å². The molecule has 9 heteroatoms. The van der Waals surface area contributed by atoms with Gasteiger partial charge < -0.3 is 15.7 Å². The molecule has 1 saturated heterocycles. The molecule has 3 N–H and O–H groups in total. The molecule has 2 fully saturated rings. The van der Waals surface area contributed by atoms with Crippen LogP contribution in [-0.4, -0.2) is 46.2 Å². The van der Waals surface area contributed by atoms with E-state index < -0.39 is 18.2 Å². The van der Waals surface area contributed by atoms with Gasteiger partial charge in [0.15, 0.2) is 0 Å². The molecule has 6 nitrogen and oxygen atoms in total. The zero-order valence-electron chi connectivity index (χ0n) is 14.8. The molecule has 1 saturated carbocycles. The number of amides is 1. The van der Waals surface area contributed by atoms with Crippen LogP contribution in [0.2, 0.25) is 0 Å². The SMILES string of the molecule is CC[C@H]1CC[C@@H](C#N)N1C(=O)[C@@H](N)C1CCCCC1.O=C(O)C(F)(F)F. The van der Waals surface area contributed by atoms with Gasteiger partial charge in [0, 0.05) is 6.04 Å². The number of aliphatic carboxylic acids is 1. The number of alkyl halides is 3. The molecule has 0 radical (unpaired) electrons. The number of nitrogens with zero attached hydrogens (tertiary/aromatic N) is 2. The van der Waals surface area contributed by atoms with Crippen LogP contribution in [0, 0.1) is 17.2 Å². The van der Waals surface area contributed by atoms with Gasteiger partial charge in [-0.15, -0.1) is 0 Å². The molecule has 148 valence electrons. The van der Waals surface area contributed by atoms with Crippen LogP contribution in [0.1, 0.15) is 58.3 Å². The summed E-state index contributed by atoms with van der Waals surface area (Å²) < 4.78 is 31.7. The summed E-state index contributed by atoms with van der Waals surface area (Å²) in [5.41, 5.74) is 6.20. The van der Waals surface area contributed by atoms with Crippen molar-refractivity contribution < 1.29 is 27.9 Å². The second kappa shape index (κ2) is 9.76. The van der Waals surface area contributed by atoms with E-state index in [1.807, 2.05) is 0 Å². The Balaban J connectivity index is 0.000000412. The van der Waals surface area contributed by atoms with E-state index in [1.165, 1.54) is 19.3 Å². The van der Waals surface area contributed by atoms with E-state index >= 15 is 0 Å². The number of halogens is 3. The summed E-state index contributed by atoms with van der Waals surface area (Å²) in [5.74, 6) is -2.42. The molecule has 3 atom stereocenters. The molecule has 2 aliphatic rings. The Hall–Kier alpha value is -1.82. The second-order valence-corrected chi connectivity index (χ2v) is 6.76. The van der Waals surface area contributed by atoms with Gasteiger partial charge in [0.2, 0.25) is 5.91 Å². The summed E-state index contributed by atoms with van der Waals surface area (Å²) >= 11 is 0. The highest BCUT2D eigenvalue weighted by molar-refractivity contribution is 5.83. The van der Waals surface area contributed by atoms with Crippen molar-refractivity contribution in [2.24, 2.45) is 11.7 Å². The summed E-state index contributed by atoms with van der Waals surface area (Å²) in [6.45, 7) is 2.08. The lowest BCUT2D eigenvalue weighted by Crippen LogP contribution is -2.52. The summed E-state index contributed by atoms with van der Waals surface area (Å²) in [7, 11) is 0. The highest BCUT2D eigenvalue weighted by atomic mass is 19.4. The van der Waals surface area contributed by atoms with Crippen molar-refractivity contribution in [1.82, 2.24) is 4.90 Å². The minimum Gasteiger partial charge on any atom is -0.475 e. The number of carbonyl (C=O) groups excluding carboxylic acids is 1. The van der Waals surface area contributed by atoms with Crippen molar-refractivity contribution >= 4 is 11.9 Å². The molecule has 26 heavy (non-hydrogen) atoms. The molecule has 0 aromatic heterocycles. The fraction of sp³-hybridized carbons (Fsp3) is 0.824. The molecule has 0 unspecified atom stereocenters. The number of likely N-dealkylation sites (tertiary alicyclic amines) is 1. The first-order valence-electron chi connectivity index (χ1n) is 8.90. The minimum absolute atomic E-state index is 0.0165. The number of rotatable bonds is 3. The van der Waals surface area contributed by atoms with Crippen LogP contribution in [0.3, 0.4) is 0 Å². The fourth-order valence-electron chi connectivity index (χ4n) is 3.61. The van der Waals surface area contributed by atoms with Gasteiger partial charge in [-0.2, -0.15) is 18.4 Å². The molecule has 2 rings (SSSR count). The molecular weight excluding hydrogens is 351 g/mol. The highest BCUT2D eigenvalue weighted by Gasteiger charge is 2.40. The Labute approximate surface area is 151 Å². The van der Waals surface area contributed by atoms with Crippen molar-refractivity contribution in [3.05, 3.63) is 0 Å².